The lowest BCUT2D eigenvalue weighted by molar-refractivity contribution is -0.167. The average molecular weight is 875 g/mol. The molecule has 0 aromatic carbocycles. The minimum Gasteiger partial charge on any atom is -0.462 e. The molecular formula is C57H94O6. The fourth-order valence-electron chi connectivity index (χ4n) is 6.69. The van der Waals surface area contributed by atoms with Crippen molar-refractivity contribution in [3.05, 3.63) is 97.2 Å². The molecule has 358 valence electrons. The van der Waals surface area contributed by atoms with Crippen LogP contribution in [0.15, 0.2) is 97.2 Å². The summed E-state index contributed by atoms with van der Waals surface area (Å²) in [6, 6.07) is 0. The molecule has 0 radical (unpaired) electrons. The summed E-state index contributed by atoms with van der Waals surface area (Å²) >= 11 is 0. The summed E-state index contributed by atoms with van der Waals surface area (Å²) in [7, 11) is 0. The molecule has 1 unspecified atom stereocenters. The molecular weight excluding hydrogens is 781 g/mol. The average Bonchev–Trinajstić information content (AvgIpc) is 3.28. The second-order valence-electron chi connectivity index (χ2n) is 16.7. The third-order valence-corrected chi connectivity index (χ3v) is 10.5. The molecule has 0 N–H and O–H groups in total. The van der Waals surface area contributed by atoms with Crippen molar-refractivity contribution in [1.82, 2.24) is 0 Å². The molecule has 6 nitrogen and oxygen atoms in total. The van der Waals surface area contributed by atoms with Crippen molar-refractivity contribution in [2.45, 2.75) is 232 Å². The largest absolute Gasteiger partial charge is 0.462 e. The highest BCUT2D eigenvalue weighted by Crippen LogP contribution is 2.13. The number of hydrogen-bond acceptors (Lipinski definition) is 6. The van der Waals surface area contributed by atoms with Gasteiger partial charge in [-0.25, -0.2) is 0 Å². The van der Waals surface area contributed by atoms with Gasteiger partial charge in [0.25, 0.3) is 0 Å². The Morgan fingerprint density at radius 1 is 0.333 bits per heavy atom. The summed E-state index contributed by atoms with van der Waals surface area (Å²) in [5.74, 6) is -1.04. The normalized spacial score (nSPS) is 12.9. The van der Waals surface area contributed by atoms with E-state index in [1.54, 1.807) is 0 Å². The molecule has 6 heteroatoms. The van der Waals surface area contributed by atoms with E-state index in [0.29, 0.717) is 19.3 Å². The van der Waals surface area contributed by atoms with E-state index in [9.17, 15) is 14.4 Å². The lowest BCUT2D eigenvalue weighted by Crippen LogP contribution is -2.30. The number of rotatable bonds is 45. The molecule has 0 heterocycles. The second kappa shape index (κ2) is 51.0. The fourth-order valence-corrected chi connectivity index (χ4v) is 6.69. The molecule has 0 aliphatic heterocycles. The van der Waals surface area contributed by atoms with Crippen LogP contribution in [0.4, 0.5) is 0 Å². The predicted molar refractivity (Wildman–Crippen MR) is 270 cm³/mol. The van der Waals surface area contributed by atoms with Gasteiger partial charge >= 0.3 is 17.9 Å². The molecule has 0 rings (SSSR count). The van der Waals surface area contributed by atoms with Crippen molar-refractivity contribution in [1.29, 1.82) is 0 Å². The number of carbonyl (C=O) groups excluding carboxylic acids is 3. The predicted octanol–water partition coefficient (Wildman–Crippen LogP) is 17.0. The minimum atomic E-state index is -0.822. The number of hydrogen-bond donors (Lipinski definition) is 0. The van der Waals surface area contributed by atoms with Crippen molar-refractivity contribution in [2.24, 2.45) is 0 Å². The maximum atomic E-state index is 12.8. The maximum absolute atomic E-state index is 12.8. The Hall–Kier alpha value is -3.67. The summed E-state index contributed by atoms with van der Waals surface area (Å²) in [6.07, 6.45) is 66.9. The first-order valence-corrected chi connectivity index (χ1v) is 25.7. The molecule has 1 atom stereocenters. The van der Waals surface area contributed by atoms with E-state index in [2.05, 4.69) is 118 Å². The van der Waals surface area contributed by atoms with Crippen molar-refractivity contribution >= 4 is 17.9 Å². The fraction of sp³-hybridized carbons (Fsp3) is 0.667. The minimum absolute atomic E-state index is 0.124. The van der Waals surface area contributed by atoms with Crippen molar-refractivity contribution < 1.29 is 28.6 Å². The zero-order valence-electron chi connectivity index (χ0n) is 40.8. The van der Waals surface area contributed by atoms with Gasteiger partial charge in [-0.1, -0.05) is 195 Å². The molecule has 0 fully saturated rings. The maximum Gasteiger partial charge on any atom is 0.306 e. The van der Waals surface area contributed by atoms with E-state index in [1.165, 1.54) is 96.3 Å². The zero-order chi connectivity index (χ0) is 45.8. The van der Waals surface area contributed by atoms with Crippen LogP contribution in [0.5, 0.6) is 0 Å². The van der Waals surface area contributed by atoms with Crippen molar-refractivity contribution in [2.75, 3.05) is 13.2 Å². The molecule has 0 spiro atoms. The van der Waals surface area contributed by atoms with Crippen LogP contribution in [0, 0.1) is 0 Å². The SMILES string of the molecule is CC/C=C\C/C=C\C/C=C\CCCC(=O)OCC(COC(=O)CCC/C=C\C/C=C\C/C=C\CCCCCCCC)OC(=O)CCCCCCCCC/C=C\C/C=C\CCCCC. The summed E-state index contributed by atoms with van der Waals surface area (Å²) in [5, 5.41) is 0. The van der Waals surface area contributed by atoms with E-state index >= 15 is 0 Å². The number of ether oxygens (including phenoxy) is 3. The Morgan fingerprint density at radius 3 is 1.05 bits per heavy atom. The van der Waals surface area contributed by atoms with Gasteiger partial charge in [0.05, 0.1) is 0 Å². The highest BCUT2D eigenvalue weighted by molar-refractivity contribution is 5.71. The highest BCUT2D eigenvalue weighted by atomic mass is 16.6. The lowest BCUT2D eigenvalue weighted by atomic mass is 10.1. The van der Waals surface area contributed by atoms with Crippen LogP contribution in [-0.4, -0.2) is 37.2 Å². The molecule has 0 amide bonds. The van der Waals surface area contributed by atoms with Crippen LogP contribution >= 0.6 is 0 Å². The Labute approximate surface area is 387 Å². The monoisotopic (exact) mass is 875 g/mol. The molecule has 0 aromatic rings. The first kappa shape index (κ1) is 59.3. The number of unbranched alkanes of at least 4 members (excludes halogenated alkanes) is 18. The highest BCUT2D eigenvalue weighted by Gasteiger charge is 2.19. The first-order valence-electron chi connectivity index (χ1n) is 25.7. The molecule has 0 saturated heterocycles. The number of allylic oxidation sites excluding steroid dienone is 16. The Kier molecular flexibility index (Phi) is 48.0. The van der Waals surface area contributed by atoms with E-state index in [1.807, 2.05) is 0 Å². The van der Waals surface area contributed by atoms with Crippen LogP contribution in [0.25, 0.3) is 0 Å². The lowest BCUT2D eigenvalue weighted by Gasteiger charge is -2.18. The molecule has 63 heavy (non-hydrogen) atoms. The summed E-state index contributed by atoms with van der Waals surface area (Å²) < 4.78 is 16.7. The third-order valence-electron chi connectivity index (χ3n) is 10.5. The first-order chi connectivity index (χ1) is 31.0. The van der Waals surface area contributed by atoms with E-state index in [0.717, 1.165) is 77.0 Å². The van der Waals surface area contributed by atoms with Gasteiger partial charge < -0.3 is 14.2 Å². The van der Waals surface area contributed by atoms with Crippen LogP contribution < -0.4 is 0 Å². The van der Waals surface area contributed by atoms with Crippen LogP contribution in [0.1, 0.15) is 226 Å². The summed E-state index contributed by atoms with van der Waals surface area (Å²) in [5.41, 5.74) is 0. The third kappa shape index (κ3) is 49.2. The smallest absolute Gasteiger partial charge is 0.306 e. The van der Waals surface area contributed by atoms with E-state index in [4.69, 9.17) is 14.2 Å². The van der Waals surface area contributed by atoms with Gasteiger partial charge in [0.2, 0.25) is 0 Å². The molecule has 0 aromatic heterocycles. The quantitative estimate of drug-likeness (QED) is 0.0262. The van der Waals surface area contributed by atoms with E-state index < -0.39 is 6.10 Å². The zero-order valence-corrected chi connectivity index (χ0v) is 40.8. The van der Waals surface area contributed by atoms with Crippen molar-refractivity contribution in [3.63, 3.8) is 0 Å². The van der Waals surface area contributed by atoms with Gasteiger partial charge in [-0.05, 0) is 109 Å². The van der Waals surface area contributed by atoms with Crippen LogP contribution in [0.3, 0.4) is 0 Å². The van der Waals surface area contributed by atoms with Gasteiger partial charge in [0.1, 0.15) is 13.2 Å². The summed E-state index contributed by atoms with van der Waals surface area (Å²) in [4.78, 5) is 37.9. The van der Waals surface area contributed by atoms with Crippen LogP contribution in [-0.2, 0) is 28.6 Å². The molecule has 0 aliphatic carbocycles. The molecule has 0 bridgehead atoms. The Bertz CT molecular complexity index is 1280. The summed E-state index contributed by atoms with van der Waals surface area (Å²) in [6.45, 7) is 6.38. The molecule has 0 aliphatic rings. The number of carbonyl (C=O) groups is 3. The van der Waals surface area contributed by atoms with Gasteiger partial charge in [0.15, 0.2) is 6.10 Å². The van der Waals surface area contributed by atoms with Gasteiger partial charge in [-0.2, -0.15) is 0 Å². The second-order valence-corrected chi connectivity index (χ2v) is 16.7. The van der Waals surface area contributed by atoms with Gasteiger partial charge in [-0.15, -0.1) is 0 Å². The molecule has 0 saturated carbocycles. The van der Waals surface area contributed by atoms with Gasteiger partial charge in [0, 0.05) is 19.3 Å². The van der Waals surface area contributed by atoms with Crippen molar-refractivity contribution in [3.8, 4) is 0 Å². The van der Waals surface area contributed by atoms with Gasteiger partial charge in [-0.3, -0.25) is 14.4 Å². The Morgan fingerprint density at radius 2 is 0.635 bits per heavy atom. The standard InChI is InChI=1S/C57H94O6/c1-4-7-10-13-16-19-22-24-26-28-30-32-35-38-41-44-47-50-56(59)62-53-54(52-61-55(58)49-46-43-40-37-34-21-18-15-12-9-6-3)63-57(60)51-48-45-42-39-36-33-31-29-27-25-23-20-17-14-11-8-5-2/h9,12,17-18,20-21,24-27,30,32,37-38,40-41,54H,4-8,10-11,13-16,19,22-23,28-29,31,33-36,39,42-53H2,1-3H3/b12-9-,20-17-,21-18-,26-24-,27-25-,32-30-,40-37-,41-38-. The van der Waals surface area contributed by atoms with Crippen LogP contribution in [0.2, 0.25) is 0 Å². The van der Waals surface area contributed by atoms with E-state index in [-0.39, 0.29) is 44.0 Å². The topological polar surface area (TPSA) is 78.9 Å². The number of esters is 3. The Balaban J connectivity index is 4.51.